The van der Waals surface area contributed by atoms with Crippen LogP contribution in [0.25, 0.3) is 16.9 Å². The second-order valence-corrected chi connectivity index (χ2v) is 7.68. The predicted octanol–water partition coefficient (Wildman–Crippen LogP) is 5.08. The molecular weight excluding hydrogens is 346 g/mol. The minimum Gasteiger partial charge on any atom is -0.341 e. The van der Waals surface area contributed by atoms with Crippen molar-refractivity contribution in [3.63, 3.8) is 0 Å². The molecular formula is C24H27N3O. The minimum atomic E-state index is 0.183. The first-order valence-electron chi connectivity index (χ1n) is 10.2. The largest absolute Gasteiger partial charge is 0.341 e. The molecule has 1 aliphatic carbocycles. The zero-order valence-corrected chi connectivity index (χ0v) is 16.4. The van der Waals surface area contributed by atoms with E-state index in [9.17, 15) is 4.79 Å². The SMILES string of the molecule is CN(Cc1cn(-c2ccccc2)nc1-c1ccccc1)C(=O)C1CCCCC1. The molecule has 0 bridgehead atoms. The van der Waals surface area contributed by atoms with Crippen LogP contribution in [-0.2, 0) is 11.3 Å². The summed E-state index contributed by atoms with van der Waals surface area (Å²) >= 11 is 0. The average Bonchev–Trinajstić information content (AvgIpc) is 3.19. The first kappa shape index (κ1) is 18.5. The van der Waals surface area contributed by atoms with E-state index in [1.807, 2.05) is 65.2 Å². The Kier molecular flexibility index (Phi) is 5.56. The quantitative estimate of drug-likeness (QED) is 0.626. The summed E-state index contributed by atoms with van der Waals surface area (Å²) in [6.07, 6.45) is 7.71. The second kappa shape index (κ2) is 8.42. The number of nitrogens with zero attached hydrogens (tertiary/aromatic N) is 3. The Morgan fingerprint density at radius 1 is 1.00 bits per heavy atom. The Morgan fingerprint density at radius 2 is 1.64 bits per heavy atom. The number of hydrogen-bond donors (Lipinski definition) is 0. The van der Waals surface area contributed by atoms with Gasteiger partial charge in [0.25, 0.3) is 0 Å². The summed E-state index contributed by atoms with van der Waals surface area (Å²) in [6, 6.07) is 20.3. The summed E-state index contributed by atoms with van der Waals surface area (Å²) in [7, 11) is 1.92. The van der Waals surface area contributed by atoms with Crippen LogP contribution in [0.5, 0.6) is 0 Å². The van der Waals surface area contributed by atoms with Gasteiger partial charge in [0.05, 0.1) is 11.4 Å². The number of carbonyl (C=O) groups is 1. The van der Waals surface area contributed by atoms with Crippen LogP contribution in [0, 0.1) is 5.92 Å². The molecule has 2 aromatic carbocycles. The van der Waals surface area contributed by atoms with E-state index < -0.39 is 0 Å². The van der Waals surface area contributed by atoms with Gasteiger partial charge in [-0.2, -0.15) is 5.10 Å². The zero-order valence-electron chi connectivity index (χ0n) is 16.4. The maximum atomic E-state index is 12.9. The molecule has 0 unspecified atom stereocenters. The summed E-state index contributed by atoms with van der Waals surface area (Å²) in [4.78, 5) is 14.8. The lowest BCUT2D eigenvalue weighted by Gasteiger charge is -2.26. The fourth-order valence-corrected chi connectivity index (χ4v) is 4.07. The van der Waals surface area contributed by atoms with Crippen molar-refractivity contribution >= 4 is 5.91 Å². The third-order valence-electron chi connectivity index (χ3n) is 5.60. The number of amides is 1. The van der Waals surface area contributed by atoms with E-state index >= 15 is 0 Å². The molecule has 0 radical (unpaired) electrons. The number of carbonyl (C=O) groups excluding carboxylic acids is 1. The first-order valence-corrected chi connectivity index (χ1v) is 10.2. The zero-order chi connectivity index (χ0) is 19.3. The third kappa shape index (κ3) is 4.01. The van der Waals surface area contributed by atoms with Crippen molar-refractivity contribution < 1.29 is 4.79 Å². The molecule has 0 N–H and O–H groups in total. The molecule has 144 valence electrons. The van der Waals surface area contributed by atoms with E-state index in [2.05, 4.69) is 18.3 Å². The third-order valence-corrected chi connectivity index (χ3v) is 5.60. The molecule has 0 saturated heterocycles. The molecule has 1 amide bonds. The molecule has 1 aliphatic rings. The Labute approximate surface area is 166 Å². The van der Waals surface area contributed by atoms with Crippen LogP contribution in [0.15, 0.2) is 66.9 Å². The van der Waals surface area contributed by atoms with E-state index in [-0.39, 0.29) is 11.8 Å². The number of hydrogen-bond acceptors (Lipinski definition) is 2. The molecule has 4 nitrogen and oxygen atoms in total. The van der Waals surface area contributed by atoms with Crippen LogP contribution in [0.3, 0.4) is 0 Å². The highest BCUT2D eigenvalue weighted by atomic mass is 16.2. The summed E-state index contributed by atoms with van der Waals surface area (Å²) in [5.41, 5.74) is 4.10. The van der Waals surface area contributed by atoms with Crippen LogP contribution >= 0.6 is 0 Å². The van der Waals surface area contributed by atoms with Crippen LogP contribution in [-0.4, -0.2) is 27.6 Å². The van der Waals surface area contributed by atoms with Gasteiger partial charge in [-0.25, -0.2) is 4.68 Å². The van der Waals surface area contributed by atoms with Gasteiger partial charge in [0, 0.05) is 36.8 Å². The molecule has 28 heavy (non-hydrogen) atoms. The van der Waals surface area contributed by atoms with Gasteiger partial charge in [0.1, 0.15) is 0 Å². The van der Waals surface area contributed by atoms with Crippen molar-refractivity contribution in [2.45, 2.75) is 38.6 Å². The molecule has 4 heteroatoms. The monoisotopic (exact) mass is 373 g/mol. The van der Waals surface area contributed by atoms with Crippen molar-refractivity contribution in [2.75, 3.05) is 7.05 Å². The Morgan fingerprint density at radius 3 is 2.32 bits per heavy atom. The smallest absolute Gasteiger partial charge is 0.225 e. The summed E-state index contributed by atoms with van der Waals surface area (Å²) < 4.78 is 1.91. The molecule has 1 aromatic heterocycles. The van der Waals surface area contributed by atoms with Gasteiger partial charge >= 0.3 is 0 Å². The standard InChI is InChI=1S/C24H27N3O/c1-26(24(28)20-13-7-3-8-14-20)17-21-18-27(22-15-9-4-10-16-22)25-23(21)19-11-5-2-6-12-19/h2,4-6,9-12,15-16,18,20H,3,7-8,13-14,17H2,1H3. The van der Waals surface area contributed by atoms with Crippen molar-refractivity contribution in [3.05, 3.63) is 72.4 Å². The fourth-order valence-electron chi connectivity index (χ4n) is 4.07. The van der Waals surface area contributed by atoms with Crippen molar-refractivity contribution in [1.82, 2.24) is 14.7 Å². The maximum absolute atomic E-state index is 12.9. The van der Waals surface area contributed by atoms with Crippen LogP contribution in [0.1, 0.15) is 37.7 Å². The number of para-hydroxylation sites is 1. The normalized spacial score (nSPS) is 14.8. The van der Waals surface area contributed by atoms with Crippen LogP contribution in [0.2, 0.25) is 0 Å². The van der Waals surface area contributed by atoms with Gasteiger partial charge in [-0.1, -0.05) is 67.8 Å². The summed E-state index contributed by atoms with van der Waals surface area (Å²) in [5, 5.41) is 4.85. The highest BCUT2D eigenvalue weighted by Gasteiger charge is 2.25. The summed E-state index contributed by atoms with van der Waals surface area (Å²) in [6.45, 7) is 0.576. The average molecular weight is 374 g/mol. The highest BCUT2D eigenvalue weighted by Crippen LogP contribution is 2.28. The van der Waals surface area contributed by atoms with Gasteiger partial charge in [0.2, 0.25) is 5.91 Å². The van der Waals surface area contributed by atoms with Crippen molar-refractivity contribution in [2.24, 2.45) is 5.92 Å². The molecule has 1 saturated carbocycles. The van der Waals surface area contributed by atoms with Crippen molar-refractivity contribution in [3.8, 4) is 16.9 Å². The van der Waals surface area contributed by atoms with E-state index in [1.165, 1.54) is 19.3 Å². The molecule has 3 aromatic rings. The lowest BCUT2D eigenvalue weighted by Crippen LogP contribution is -2.33. The van der Waals surface area contributed by atoms with Crippen LogP contribution in [0.4, 0.5) is 0 Å². The van der Waals surface area contributed by atoms with E-state index in [4.69, 9.17) is 5.10 Å². The molecule has 4 rings (SSSR count). The topological polar surface area (TPSA) is 38.1 Å². The van der Waals surface area contributed by atoms with Gasteiger partial charge < -0.3 is 4.90 Å². The lowest BCUT2D eigenvalue weighted by atomic mass is 9.88. The van der Waals surface area contributed by atoms with Gasteiger partial charge in [0.15, 0.2) is 0 Å². The van der Waals surface area contributed by atoms with Gasteiger partial charge in [-0.3, -0.25) is 4.79 Å². The minimum absolute atomic E-state index is 0.183. The first-order chi connectivity index (χ1) is 13.7. The molecule has 1 heterocycles. The number of benzene rings is 2. The van der Waals surface area contributed by atoms with E-state index in [0.717, 1.165) is 35.3 Å². The fraction of sp³-hybridized carbons (Fsp3) is 0.333. The van der Waals surface area contributed by atoms with Gasteiger partial charge in [-0.05, 0) is 25.0 Å². The van der Waals surface area contributed by atoms with Gasteiger partial charge in [-0.15, -0.1) is 0 Å². The Hall–Kier alpha value is -2.88. The predicted molar refractivity (Wildman–Crippen MR) is 112 cm³/mol. The highest BCUT2D eigenvalue weighted by molar-refractivity contribution is 5.79. The molecule has 1 fully saturated rings. The maximum Gasteiger partial charge on any atom is 0.225 e. The molecule has 0 atom stereocenters. The summed E-state index contributed by atoms with van der Waals surface area (Å²) in [5.74, 6) is 0.453. The lowest BCUT2D eigenvalue weighted by molar-refractivity contribution is -0.135. The Bertz CT molecular complexity index is 912. The number of aromatic nitrogens is 2. The second-order valence-electron chi connectivity index (χ2n) is 7.68. The Balaban J connectivity index is 1.63. The van der Waals surface area contributed by atoms with E-state index in [1.54, 1.807) is 0 Å². The molecule has 0 aliphatic heterocycles. The van der Waals surface area contributed by atoms with Crippen molar-refractivity contribution in [1.29, 1.82) is 0 Å². The van der Waals surface area contributed by atoms with Crippen LogP contribution < -0.4 is 0 Å². The molecule has 0 spiro atoms. The van der Waals surface area contributed by atoms with E-state index in [0.29, 0.717) is 6.54 Å². The number of rotatable bonds is 5.